The van der Waals surface area contributed by atoms with E-state index < -0.39 is 10.0 Å². The first-order valence-corrected chi connectivity index (χ1v) is 10.3. The van der Waals surface area contributed by atoms with Crippen LogP contribution in [-0.4, -0.2) is 47.9 Å². The van der Waals surface area contributed by atoms with Crippen molar-refractivity contribution in [1.82, 2.24) is 9.21 Å². The van der Waals surface area contributed by atoms with Gasteiger partial charge in [0.05, 0.1) is 5.25 Å². The van der Waals surface area contributed by atoms with E-state index in [0.717, 1.165) is 18.4 Å². The molecule has 1 amide bonds. The van der Waals surface area contributed by atoms with Gasteiger partial charge in [-0.2, -0.15) is 4.31 Å². The molecule has 7 heteroatoms. The van der Waals surface area contributed by atoms with Gasteiger partial charge < -0.3 is 4.90 Å². The first kappa shape index (κ1) is 18.3. The Morgan fingerprint density at radius 3 is 2.40 bits per heavy atom. The summed E-state index contributed by atoms with van der Waals surface area (Å²) in [5.74, 6) is -0.232. The number of hydrogen-bond acceptors (Lipinski definition) is 3. The predicted molar refractivity (Wildman–Crippen MR) is 93.7 cm³/mol. The fraction of sp³-hybridized carbons (Fsp3) is 0.611. The lowest BCUT2D eigenvalue weighted by atomic mass is 10.0. The fourth-order valence-corrected chi connectivity index (χ4v) is 5.18. The van der Waals surface area contributed by atoms with Crippen LogP contribution in [0.4, 0.5) is 4.39 Å². The molecule has 3 rings (SSSR count). The van der Waals surface area contributed by atoms with Crippen LogP contribution < -0.4 is 0 Å². The van der Waals surface area contributed by atoms with E-state index in [1.165, 1.54) is 16.4 Å². The third-order valence-electron chi connectivity index (χ3n) is 5.03. The molecule has 0 unspecified atom stereocenters. The van der Waals surface area contributed by atoms with Gasteiger partial charge in [-0.3, -0.25) is 4.79 Å². The molecule has 25 heavy (non-hydrogen) atoms. The average molecular weight is 368 g/mol. The van der Waals surface area contributed by atoms with Gasteiger partial charge in [0.25, 0.3) is 0 Å². The Morgan fingerprint density at radius 2 is 1.84 bits per heavy atom. The summed E-state index contributed by atoms with van der Waals surface area (Å²) in [4.78, 5) is 14.5. The summed E-state index contributed by atoms with van der Waals surface area (Å²) in [6.07, 6.45) is 1.63. The average Bonchev–Trinajstić information content (AvgIpc) is 3.39. The van der Waals surface area contributed by atoms with Crippen LogP contribution in [0.3, 0.4) is 0 Å². The van der Waals surface area contributed by atoms with Crippen molar-refractivity contribution < 1.29 is 17.6 Å². The van der Waals surface area contributed by atoms with E-state index in [1.807, 2.05) is 13.8 Å². The zero-order chi connectivity index (χ0) is 18.2. The summed E-state index contributed by atoms with van der Waals surface area (Å²) < 4.78 is 39.9. The van der Waals surface area contributed by atoms with Crippen LogP contribution in [0.5, 0.6) is 0 Å². The third kappa shape index (κ3) is 4.03. The van der Waals surface area contributed by atoms with Gasteiger partial charge in [0.2, 0.25) is 15.9 Å². The van der Waals surface area contributed by atoms with Crippen LogP contribution in [0.25, 0.3) is 0 Å². The van der Waals surface area contributed by atoms with Crippen molar-refractivity contribution in [3.8, 4) is 0 Å². The molecule has 0 spiro atoms. The van der Waals surface area contributed by atoms with Crippen LogP contribution >= 0.6 is 0 Å². The molecule has 1 heterocycles. The van der Waals surface area contributed by atoms with Gasteiger partial charge in [0.15, 0.2) is 0 Å². The SMILES string of the molecule is CC(C)[C@@H]1CN(S(=O)(=O)C2CC2)CCC(=O)N1Cc1ccc(F)cc1. The van der Waals surface area contributed by atoms with Crippen LogP contribution in [0, 0.1) is 11.7 Å². The highest BCUT2D eigenvalue weighted by molar-refractivity contribution is 7.90. The Hall–Kier alpha value is -1.47. The number of sulfonamides is 1. The summed E-state index contributed by atoms with van der Waals surface area (Å²) >= 11 is 0. The molecule has 0 N–H and O–H groups in total. The van der Waals surface area contributed by atoms with Gasteiger partial charge in [-0.1, -0.05) is 26.0 Å². The topological polar surface area (TPSA) is 57.7 Å². The van der Waals surface area contributed by atoms with Crippen molar-refractivity contribution in [3.05, 3.63) is 35.6 Å². The number of halogens is 1. The minimum Gasteiger partial charge on any atom is -0.334 e. The Labute approximate surface area is 148 Å². The molecule has 0 aromatic heterocycles. The largest absolute Gasteiger partial charge is 0.334 e. The second-order valence-electron chi connectivity index (χ2n) is 7.31. The van der Waals surface area contributed by atoms with E-state index in [-0.39, 0.29) is 41.9 Å². The van der Waals surface area contributed by atoms with E-state index >= 15 is 0 Å². The van der Waals surface area contributed by atoms with E-state index in [1.54, 1.807) is 17.0 Å². The summed E-state index contributed by atoms with van der Waals surface area (Å²) in [6.45, 7) is 4.97. The molecule has 1 saturated heterocycles. The lowest BCUT2D eigenvalue weighted by molar-refractivity contribution is -0.134. The highest BCUT2D eigenvalue weighted by Crippen LogP contribution is 2.33. The second kappa shape index (κ2) is 7.03. The standard InChI is InChI=1S/C18H25FN2O3S/c1-13(2)17-12-20(25(23,24)16-7-8-16)10-9-18(22)21(17)11-14-3-5-15(19)6-4-14/h3-6,13,16-17H,7-12H2,1-2H3/t17-/m0/s1. The maximum atomic E-state index is 13.1. The number of nitrogens with zero attached hydrogens (tertiary/aromatic N) is 2. The first-order chi connectivity index (χ1) is 11.8. The molecule has 1 aliphatic heterocycles. The smallest absolute Gasteiger partial charge is 0.224 e. The van der Waals surface area contributed by atoms with Gasteiger partial charge in [-0.15, -0.1) is 0 Å². The van der Waals surface area contributed by atoms with Crippen molar-refractivity contribution in [2.75, 3.05) is 13.1 Å². The Kier molecular flexibility index (Phi) is 5.16. The van der Waals surface area contributed by atoms with Crippen LogP contribution in [-0.2, 0) is 21.4 Å². The van der Waals surface area contributed by atoms with E-state index in [9.17, 15) is 17.6 Å². The van der Waals surface area contributed by atoms with E-state index in [0.29, 0.717) is 13.1 Å². The molecule has 138 valence electrons. The maximum Gasteiger partial charge on any atom is 0.224 e. The lowest BCUT2D eigenvalue weighted by Gasteiger charge is -2.34. The Bertz CT molecular complexity index is 729. The zero-order valence-corrected chi connectivity index (χ0v) is 15.5. The molecule has 5 nitrogen and oxygen atoms in total. The third-order valence-corrected chi connectivity index (χ3v) is 7.39. The second-order valence-corrected chi connectivity index (χ2v) is 9.52. The zero-order valence-electron chi connectivity index (χ0n) is 14.7. The number of hydrogen-bond donors (Lipinski definition) is 0. The van der Waals surface area contributed by atoms with Gasteiger partial charge in [-0.05, 0) is 36.5 Å². The van der Waals surface area contributed by atoms with E-state index in [2.05, 4.69) is 0 Å². The van der Waals surface area contributed by atoms with Crippen molar-refractivity contribution in [3.63, 3.8) is 0 Å². The quantitative estimate of drug-likeness (QED) is 0.802. The predicted octanol–water partition coefficient (Wildman–Crippen LogP) is 2.38. The Balaban J connectivity index is 1.83. The molecule has 0 radical (unpaired) electrons. The highest BCUT2D eigenvalue weighted by Gasteiger charge is 2.43. The minimum absolute atomic E-state index is 0.0449. The Morgan fingerprint density at radius 1 is 1.20 bits per heavy atom. The van der Waals surface area contributed by atoms with Crippen molar-refractivity contribution in [1.29, 1.82) is 0 Å². The summed E-state index contributed by atoms with van der Waals surface area (Å²) in [5.41, 5.74) is 0.846. The van der Waals surface area contributed by atoms with Gasteiger partial charge in [0, 0.05) is 32.1 Å². The monoisotopic (exact) mass is 368 g/mol. The molecule has 2 fully saturated rings. The van der Waals surface area contributed by atoms with E-state index in [4.69, 9.17) is 0 Å². The van der Waals surface area contributed by atoms with Crippen LogP contribution in [0.2, 0.25) is 0 Å². The van der Waals surface area contributed by atoms with Crippen LogP contribution in [0.15, 0.2) is 24.3 Å². The normalized spacial score (nSPS) is 23.1. The minimum atomic E-state index is -3.30. The van der Waals surface area contributed by atoms with Crippen molar-refractivity contribution in [2.24, 2.45) is 5.92 Å². The molecule has 1 atom stereocenters. The summed E-state index contributed by atoms with van der Waals surface area (Å²) in [7, 11) is -3.30. The number of benzene rings is 1. The maximum absolute atomic E-state index is 13.1. The molecular weight excluding hydrogens is 343 g/mol. The first-order valence-electron chi connectivity index (χ1n) is 8.82. The van der Waals surface area contributed by atoms with Crippen molar-refractivity contribution >= 4 is 15.9 Å². The highest BCUT2D eigenvalue weighted by atomic mass is 32.2. The molecule has 1 aliphatic carbocycles. The molecule has 1 aromatic carbocycles. The summed E-state index contributed by atoms with van der Waals surface area (Å²) in [6, 6.07) is 5.92. The molecule has 1 saturated carbocycles. The van der Waals surface area contributed by atoms with Crippen molar-refractivity contribution in [2.45, 2.75) is 50.9 Å². The molecule has 2 aliphatic rings. The van der Waals surface area contributed by atoms with Gasteiger partial charge >= 0.3 is 0 Å². The lowest BCUT2D eigenvalue weighted by Crippen LogP contribution is -2.47. The van der Waals surface area contributed by atoms with Crippen LogP contribution in [0.1, 0.15) is 38.7 Å². The summed E-state index contributed by atoms with van der Waals surface area (Å²) in [5, 5.41) is -0.265. The van der Waals surface area contributed by atoms with Gasteiger partial charge in [-0.25, -0.2) is 12.8 Å². The molecule has 1 aromatic rings. The van der Waals surface area contributed by atoms with Gasteiger partial charge in [0.1, 0.15) is 5.82 Å². The number of carbonyl (C=O) groups is 1. The number of amides is 1. The molecule has 0 bridgehead atoms. The molecular formula is C18H25FN2O3S. The number of carbonyl (C=O) groups excluding carboxylic acids is 1. The number of rotatable bonds is 5. The fourth-order valence-electron chi connectivity index (χ4n) is 3.32.